The molecular formula is C20H21N3O3. The van der Waals surface area contributed by atoms with Crippen LogP contribution in [0.1, 0.15) is 25.1 Å². The number of aromatic nitrogens is 2. The van der Waals surface area contributed by atoms with Gasteiger partial charge in [-0.25, -0.2) is 4.98 Å². The Morgan fingerprint density at radius 1 is 1.00 bits per heavy atom. The van der Waals surface area contributed by atoms with Crippen molar-refractivity contribution in [2.75, 3.05) is 6.54 Å². The number of para-hydroxylation sites is 3. The monoisotopic (exact) mass is 351 g/mol. The highest BCUT2D eigenvalue weighted by Gasteiger charge is 2.13. The highest BCUT2D eigenvalue weighted by molar-refractivity contribution is 5.79. The molecule has 2 N–H and O–H groups in total. The van der Waals surface area contributed by atoms with Gasteiger partial charge < -0.3 is 10.4 Å². The zero-order chi connectivity index (χ0) is 18.4. The number of fused-ring (bicyclic) bond motifs is 1. The number of amides is 1. The number of carbonyl (C=O) groups is 2. The molecule has 2 aromatic carbocycles. The van der Waals surface area contributed by atoms with Crippen molar-refractivity contribution < 1.29 is 14.7 Å². The van der Waals surface area contributed by atoms with Crippen molar-refractivity contribution >= 4 is 22.9 Å². The molecule has 26 heavy (non-hydrogen) atoms. The van der Waals surface area contributed by atoms with E-state index in [-0.39, 0.29) is 12.3 Å². The van der Waals surface area contributed by atoms with E-state index in [1.807, 2.05) is 54.6 Å². The highest BCUT2D eigenvalue weighted by atomic mass is 16.4. The summed E-state index contributed by atoms with van der Waals surface area (Å²) < 4.78 is 2.08. The van der Waals surface area contributed by atoms with Crippen LogP contribution in [0.5, 0.6) is 0 Å². The Balaban J connectivity index is 1.72. The Morgan fingerprint density at radius 3 is 2.50 bits per heavy atom. The normalized spacial score (nSPS) is 10.8. The Morgan fingerprint density at radius 2 is 1.73 bits per heavy atom. The molecule has 1 aromatic heterocycles. The number of benzene rings is 2. The van der Waals surface area contributed by atoms with E-state index in [4.69, 9.17) is 5.11 Å². The predicted octanol–water partition coefficient (Wildman–Crippen LogP) is 2.94. The molecule has 6 heteroatoms. The number of nitrogens with one attached hydrogen (secondary N) is 1. The highest BCUT2D eigenvalue weighted by Crippen LogP contribution is 2.22. The quantitative estimate of drug-likeness (QED) is 0.611. The summed E-state index contributed by atoms with van der Waals surface area (Å²) in [5, 5.41) is 11.4. The van der Waals surface area contributed by atoms with E-state index in [2.05, 4.69) is 14.9 Å². The Hall–Kier alpha value is -3.15. The summed E-state index contributed by atoms with van der Waals surface area (Å²) in [6, 6.07) is 17.9. The van der Waals surface area contributed by atoms with Crippen molar-refractivity contribution in [1.82, 2.24) is 14.9 Å². The van der Waals surface area contributed by atoms with E-state index in [1.54, 1.807) is 0 Å². The maximum atomic E-state index is 12.0. The van der Waals surface area contributed by atoms with Crippen LogP contribution in [-0.4, -0.2) is 33.1 Å². The molecule has 0 fully saturated rings. The third kappa shape index (κ3) is 4.27. The summed E-state index contributed by atoms with van der Waals surface area (Å²) in [4.78, 5) is 27.2. The summed E-state index contributed by atoms with van der Waals surface area (Å²) >= 11 is 0. The molecule has 0 saturated carbocycles. The van der Waals surface area contributed by atoms with Crippen LogP contribution in [0.3, 0.4) is 0 Å². The van der Waals surface area contributed by atoms with Gasteiger partial charge in [0.05, 0.1) is 11.0 Å². The molecule has 134 valence electrons. The third-order valence-corrected chi connectivity index (χ3v) is 4.11. The lowest BCUT2D eigenvalue weighted by Gasteiger charge is -2.09. The van der Waals surface area contributed by atoms with Crippen molar-refractivity contribution in [1.29, 1.82) is 0 Å². The predicted molar refractivity (Wildman–Crippen MR) is 99.3 cm³/mol. The van der Waals surface area contributed by atoms with Crippen LogP contribution in [0.2, 0.25) is 0 Å². The number of hydrogen-bond acceptors (Lipinski definition) is 3. The molecular weight excluding hydrogens is 330 g/mol. The van der Waals surface area contributed by atoms with Crippen LogP contribution in [0, 0.1) is 0 Å². The second-order valence-electron chi connectivity index (χ2n) is 6.03. The van der Waals surface area contributed by atoms with Gasteiger partial charge in [-0.15, -0.1) is 0 Å². The van der Waals surface area contributed by atoms with E-state index in [1.165, 1.54) is 0 Å². The van der Waals surface area contributed by atoms with E-state index in [9.17, 15) is 9.59 Å². The fraction of sp³-hybridized carbons (Fsp3) is 0.250. The molecule has 0 aliphatic carbocycles. The number of carboxylic acids is 1. The standard InChI is InChI=1S/C20H21N3O3/c24-19(21-14-6-11-20(25)26)13-12-18-22-16-9-4-5-10-17(16)23(18)15-7-2-1-3-8-15/h1-5,7-10H,6,11-14H2,(H,21,24)(H,25,26). The first-order valence-electron chi connectivity index (χ1n) is 8.65. The van der Waals surface area contributed by atoms with Gasteiger partial charge in [-0.2, -0.15) is 0 Å². The van der Waals surface area contributed by atoms with Gasteiger partial charge in [-0.3, -0.25) is 14.2 Å². The average Bonchev–Trinajstić information content (AvgIpc) is 3.02. The molecule has 0 spiro atoms. The summed E-state index contributed by atoms with van der Waals surface area (Å²) in [6.45, 7) is 0.375. The fourth-order valence-electron chi connectivity index (χ4n) is 2.89. The number of hydrogen-bond donors (Lipinski definition) is 2. The van der Waals surface area contributed by atoms with E-state index >= 15 is 0 Å². The molecule has 0 atom stereocenters. The van der Waals surface area contributed by atoms with Gasteiger partial charge in [-0.05, 0) is 30.7 Å². The van der Waals surface area contributed by atoms with E-state index < -0.39 is 5.97 Å². The molecule has 0 bridgehead atoms. The van der Waals surface area contributed by atoms with Gasteiger partial charge in [0.1, 0.15) is 5.82 Å². The van der Waals surface area contributed by atoms with Gasteiger partial charge in [0.25, 0.3) is 0 Å². The lowest BCUT2D eigenvalue weighted by atomic mass is 10.2. The minimum Gasteiger partial charge on any atom is -0.481 e. The Labute approximate surface area is 151 Å². The van der Waals surface area contributed by atoms with Crippen molar-refractivity contribution in [3.63, 3.8) is 0 Å². The van der Waals surface area contributed by atoms with Gasteiger partial charge >= 0.3 is 5.97 Å². The minimum absolute atomic E-state index is 0.0596. The molecule has 1 amide bonds. The number of rotatable bonds is 8. The van der Waals surface area contributed by atoms with Crippen LogP contribution in [0.15, 0.2) is 54.6 Å². The van der Waals surface area contributed by atoms with Crippen molar-refractivity contribution in [2.24, 2.45) is 0 Å². The molecule has 6 nitrogen and oxygen atoms in total. The van der Waals surface area contributed by atoms with Crippen LogP contribution in [-0.2, 0) is 16.0 Å². The summed E-state index contributed by atoms with van der Waals surface area (Å²) in [5.74, 6) is -0.115. The first kappa shape index (κ1) is 17.7. The van der Waals surface area contributed by atoms with Gasteiger partial charge in [-0.1, -0.05) is 30.3 Å². The zero-order valence-electron chi connectivity index (χ0n) is 14.4. The Kier molecular flexibility index (Phi) is 5.63. The molecule has 0 unspecified atom stereocenters. The second-order valence-corrected chi connectivity index (χ2v) is 6.03. The molecule has 3 aromatic rings. The van der Waals surface area contributed by atoms with E-state index in [0.717, 1.165) is 22.5 Å². The SMILES string of the molecule is O=C(O)CCCNC(=O)CCc1nc2ccccc2n1-c1ccccc1. The maximum absolute atomic E-state index is 12.0. The first-order chi connectivity index (χ1) is 12.6. The summed E-state index contributed by atoms with van der Waals surface area (Å²) in [5.41, 5.74) is 2.92. The van der Waals surface area contributed by atoms with Crippen LogP contribution >= 0.6 is 0 Å². The Bertz CT molecular complexity index is 903. The number of carboxylic acid groups (broad SMARTS) is 1. The maximum Gasteiger partial charge on any atom is 0.303 e. The van der Waals surface area contributed by atoms with Gasteiger partial charge in [0, 0.05) is 31.5 Å². The number of aliphatic carboxylic acids is 1. The smallest absolute Gasteiger partial charge is 0.303 e. The van der Waals surface area contributed by atoms with Crippen molar-refractivity contribution in [3.05, 3.63) is 60.4 Å². The largest absolute Gasteiger partial charge is 0.481 e. The molecule has 0 aliphatic heterocycles. The number of carbonyl (C=O) groups excluding carboxylic acids is 1. The third-order valence-electron chi connectivity index (χ3n) is 4.11. The van der Waals surface area contributed by atoms with Crippen molar-refractivity contribution in [3.8, 4) is 5.69 Å². The molecule has 0 aliphatic rings. The number of aryl methyl sites for hydroxylation is 1. The lowest BCUT2D eigenvalue weighted by Crippen LogP contribution is -2.25. The molecule has 0 saturated heterocycles. The minimum atomic E-state index is -0.851. The lowest BCUT2D eigenvalue weighted by molar-refractivity contribution is -0.137. The van der Waals surface area contributed by atoms with Gasteiger partial charge in [0.2, 0.25) is 5.91 Å². The topological polar surface area (TPSA) is 84.2 Å². The van der Waals surface area contributed by atoms with Crippen LogP contribution in [0.4, 0.5) is 0 Å². The zero-order valence-corrected chi connectivity index (χ0v) is 14.4. The summed E-state index contributed by atoms with van der Waals surface area (Å²) in [7, 11) is 0. The summed E-state index contributed by atoms with van der Waals surface area (Å²) in [6.07, 6.45) is 1.31. The van der Waals surface area contributed by atoms with E-state index in [0.29, 0.717) is 25.8 Å². The number of nitrogens with zero attached hydrogens (tertiary/aromatic N) is 2. The van der Waals surface area contributed by atoms with Gasteiger partial charge in [0.15, 0.2) is 0 Å². The fourth-order valence-corrected chi connectivity index (χ4v) is 2.89. The molecule has 1 heterocycles. The van der Waals surface area contributed by atoms with Crippen molar-refractivity contribution in [2.45, 2.75) is 25.7 Å². The first-order valence-corrected chi connectivity index (χ1v) is 8.65. The molecule has 0 radical (unpaired) electrons. The second kappa shape index (κ2) is 8.29. The van der Waals surface area contributed by atoms with Crippen LogP contribution in [0.25, 0.3) is 16.7 Å². The van der Waals surface area contributed by atoms with Crippen LogP contribution < -0.4 is 5.32 Å². The molecule has 3 rings (SSSR count). The number of imidazole rings is 1. The average molecular weight is 351 g/mol.